The van der Waals surface area contributed by atoms with Gasteiger partial charge in [0, 0.05) is 6.42 Å². The summed E-state index contributed by atoms with van der Waals surface area (Å²) >= 11 is 0. The van der Waals surface area contributed by atoms with Gasteiger partial charge in [0.25, 0.3) is 0 Å². The fourth-order valence-corrected chi connectivity index (χ4v) is 1.70. The zero-order chi connectivity index (χ0) is 14.7. The number of nitrogens with zero attached hydrogens (tertiary/aromatic N) is 2. The van der Waals surface area contributed by atoms with E-state index >= 15 is 0 Å². The number of nitrogen functional groups attached to an aromatic ring is 1. The van der Waals surface area contributed by atoms with Crippen LogP contribution >= 0.6 is 0 Å². The smallest absolute Gasteiger partial charge is 0.351 e. The molecule has 20 heavy (non-hydrogen) atoms. The van der Waals surface area contributed by atoms with E-state index in [1.54, 1.807) is 0 Å². The first-order valence-electron chi connectivity index (χ1n) is 6.47. The lowest BCUT2D eigenvalue weighted by Gasteiger charge is -2.16. The Kier molecular flexibility index (Phi) is 4.66. The van der Waals surface area contributed by atoms with Crippen molar-refractivity contribution in [2.75, 3.05) is 12.3 Å². The number of aliphatic hydroxyl groups is 1. The van der Waals surface area contributed by atoms with Gasteiger partial charge in [-0.1, -0.05) is 19.3 Å². The Bertz CT molecular complexity index is 518. The Balaban J connectivity index is 0.000000432. The monoisotopic (exact) mass is 289 g/mol. The number of halogens is 2. The first-order chi connectivity index (χ1) is 9.52. The third-order valence-electron chi connectivity index (χ3n) is 2.89. The average Bonchev–Trinajstić information content (AvgIpc) is 3.24. The summed E-state index contributed by atoms with van der Waals surface area (Å²) in [4.78, 5) is 14.6. The van der Waals surface area contributed by atoms with Crippen LogP contribution in [0.1, 0.15) is 31.9 Å². The minimum atomic E-state index is -1.50. The van der Waals surface area contributed by atoms with E-state index in [2.05, 4.69) is 4.98 Å². The minimum absolute atomic E-state index is 0.0560. The molecule has 2 heterocycles. The molecule has 6 nitrogen and oxygen atoms in total. The van der Waals surface area contributed by atoms with Crippen LogP contribution in [0.3, 0.4) is 0 Å². The summed E-state index contributed by atoms with van der Waals surface area (Å²) < 4.78 is 32.5. The van der Waals surface area contributed by atoms with Gasteiger partial charge in [-0.3, -0.25) is 4.57 Å². The molecule has 0 spiro atoms. The summed E-state index contributed by atoms with van der Waals surface area (Å²) in [5, 5.41) is 8.83. The van der Waals surface area contributed by atoms with Crippen LogP contribution in [0.4, 0.5) is 14.6 Å². The Morgan fingerprint density at radius 1 is 1.50 bits per heavy atom. The Morgan fingerprint density at radius 2 is 2.15 bits per heavy atom. The van der Waals surface area contributed by atoms with Crippen molar-refractivity contribution >= 4 is 5.82 Å². The lowest BCUT2D eigenvalue weighted by Crippen LogP contribution is -2.31. The number of aliphatic hydroxyl groups excluding tert-OH is 1. The van der Waals surface area contributed by atoms with Crippen LogP contribution in [0.15, 0.2) is 11.0 Å². The van der Waals surface area contributed by atoms with Crippen LogP contribution in [-0.2, 0) is 4.74 Å². The number of aromatic nitrogens is 2. The second-order valence-corrected chi connectivity index (χ2v) is 4.81. The number of ether oxygens (including phenoxy) is 1. The highest BCUT2D eigenvalue weighted by molar-refractivity contribution is 5.26. The highest BCUT2D eigenvalue weighted by Crippen LogP contribution is 2.30. The van der Waals surface area contributed by atoms with Gasteiger partial charge in [-0.05, 0) is 0 Å². The number of hydrogen-bond acceptors (Lipinski definition) is 5. The number of rotatable bonds is 2. The molecule has 8 heteroatoms. The van der Waals surface area contributed by atoms with E-state index in [0.717, 1.165) is 6.20 Å². The fraction of sp³-hybridized carbons (Fsp3) is 0.667. The summed E-state index contributed by atoms with van der Waals surface area (Å²) in [5.74, 6) is -1.47. The van der Waals surface area contributed by atoms with Crippen molar-refractivity contribution in [3.05, 3.63) is 22.5 Å². The summed E-state index contributed by atoms with van der Waals surface area (Å²) in [6.07, 6.45) is 1.71. The molecule has 0 aromatic carbocycles. The predicted molar refractivity (Wildman–Crippen MR) is 67.2 cm³/mol. The first-order valence-corrected chi connectivity index (χ1v) is 6.47. The molecule has 0 bridgehead atoms. The molecule has 0 radical (unpaired) electrons. The summed E-state index contributed by atoms with van der Waals surface area (Å²) in [6.45, 7) is -0.365. The van der Waals surface area contributed by atoms with Crippen LogP contribution < -0.4 is 11.4 Å². The van der Waals surface area contributed by atoms with Gasteiger partial charge >= 0.3 is 5.69 Å². The van der Waals surface area contributed by atoms with E-state index in [1.807, 2.05) is 0 Å². The molecule has 1 aromatic rings. The molecule has 1 aliphatic heterocycles. The maximum absolute atomic E-state index is 13.5. The van der Waals surface area contributed by atoms with Crippen molar-refractivity contribution in [2.24, 2.45) is 0 Å². The van der Waals surface area contributed by atoms with Crippen LogP contribution in [-0.4, -0.2) is 33.5 Å². The molecule has 1 saturated heterocycles. The topological polar surface area (TPSA) is 90.4 Å². The Hall–Kier alpha value is -1.54. The average molecular weight is 289 g/mol. The second kappa shape index (κ2) is 6.27. The van der Waals surface area contributed by atoms with Gasteiger partial charge in [0.2, 0.25) is 0 Å². The van der Waals surface area contributed by atoms with E-state index in [-0.39, 0.29) is 13.0 Å². The Morgan fingerprint density at radius 3 is 2.65 bits per heavy atom. The van der Waals surface area contributed by atoms with Gasteiger partial charge in [0.05, 0.1) is 18.9 Å². The van der Waals surface area contributed by atoms with Crippen molar-refractivity contribution in [2.45, 2.75) is 44.2 Å². The lowest BCUT2D eigenvalue weighted by molar-refractivity contribution is -0.0397. The van der Waals surface area contributed by atoms with Crippen LogP contribution in [0, 0.1) is 5.82 Å². The maximum atomic E-state index is 13.5. The van der Waals surface area contributed by atoms with Gasteiger partial charge in [0.15, 0.2) is 17.9 Å². The van der Waals surface area contributed by atoms with E-state index in [9.17, 15) is 13.6 Å². The molecular formula is C12H17F2N3O3. The van der Waals surface area contributed by atoms with Crippen LogP contribution in [0.25, 0.3) is 0 Å². The highest BCUT2D eigenvalue weighted by Gasteiger charge is 2.37. The SMILES string of the molecule is C1CC1.Nc1nc(=O)n(C2OC(CO)CC2F)cc1F. The van der Waals surface area contributed by atoms with Crippen LogP contribution in [0.5, 0.6) is 0 Å². The third-order valence-corrected chi connectivity index (χ3v) is 2.89. The van der Waals surface area contributed by atoms with Gasteiger partial charge in [-0.15, -0.1) is 0 Å². The Labute approximate surface area is 114 Å². The number of anilines is 1. The highest BCUT2D eigenvalue weighted by atomic mass is 19.1. The number of alkyl halides is 1. The van der Waals surface area contributed by atoms with Crippen LogP contribution in [0.2, 0.25) is 0 Å². The quantitative estimate of drug-likeness (QED) is 0.838. The standard InChI is InChI=1S/C9H11F2N3O3.C3H6/c10-5-1-4(3-15)17-8(5)14-2-6(11)7(12)13-9(14)16;1-2-3-1/h2,4-5,8,15H,1,3H2,(H2,12,13,16);1-3H2. The molecule has 1 aliphatic carbocycles. The third kappa shape index (κ3) is 3.51. The maximum Gasteiger partial charge on any atom is 0.351 e. The van der Waals surface area contributed by atoms with Gasteiger partial charge in [-0.25, -0.2) is 13.6 Å². The van der Waals surface area contributed by atoms with E-state index in [1.165, 1.54) is 19.3 Å². The number of hydrogen-bond donors (Lipinski definition) is 2. The number of nitrogens with two attached hydrogens (primary N) is 1. The van der Waals surface area contributed by atoms with E-state index in [4.69, 9.17) is 15.6 Å². The second-order valence-electron chi connectivity index (χ2n) is 4.81. The van der Waals surface area contributed by atoms with Gasteiger partial charge in [-0.2, -0.15) is 4.98 Å². The molecule has 3 atom stereocenters. The molecule has 1 aromatic heterocycles. The molecule has 2 aliphatic rings. The van der Waals surface area contributed by atoms with Crippen molar-refractivity contribution in [3.63, 3.8) is 0 Å². The molecule has 3 unspecified atom stereocenters. The van der Waals surface area contributed by atoms with E-state index < -0.39 is 35.8 Å². The summed E-state index contributed by atoms with van der Waals surface area (Å²) in [6, 6.07) is 0. The first kappa shape index (κ1) is 14.9. The molecular weight excluding hydrogens is 272 g/mol. The zero-order valence-electron chi connectivity index (χ0n) is 10.8. The van der Waals surface area contributed by atoms with Crippen molar-refractivity contribution in [1.82, 2.24) is 9.55 Å². The summed E-state index contributed by atoms with van der Waals surface area (Å²) in [5.41, 5.74) is 4.21. The largest absolute Gasteiger partial charge is 0.394 e. The minimum Gasteiger partial charge on any atom is -0.394 e. The van der Waals surface area contributed by atoms with Gasteiger partial charge in [0.1, 0.15) is 6.17 Å². The molecule has 3 N–H and O–H groups in total. The van der Waals surface area contributed by atoms with Crippen molar-refractivity contribution in [1.29, 1.82) is 0 Å². The summed E-state index contributed by atoms with van der Waals surface area (Å²) in [7, 11) is 0. The molecule has 2 fully saturated rings. The lowest BCUT2D eigenvalue weighted by atomic mass is 10.2. The zero-order valence-corrected chi connectivity index (χ0v) is 10.8. The fourth-order valence-electron chi connectivity index (χ4n) is 1.70. The molecule has 0 amide bonds. The predicted octanol–water partition coefficient (Wildman–Crippen LogP) is 0.753. The van der Waals surface area contributed by atoms with Crippen molar-refractivity contribution in [3.8, 4) is 0 Å². The normalized spacial score (nSPS) is 27.9. The van der Waals surface area contributed by atoms with Gasteiger partial charge < -0.3 is 15.6 Å². The molecule has 1 saturated carbocycles. The molecule has 112 valence electrons. The van der Waals surface area contributed by atoms with Crippen molar-refractivity contribution < 1.29 is 18.6 Å². The molecule has 3 rings (SSSR count). The van der Waals surface area contributed by atoms with E-state index in [0.29, 0.717) is 4.57 Å².